The van der Waals surface area contributed by atoms with Gasteiger partial charge in [0, 0.05) is 19.1 Å². The molecular weight excluding hydrogens is 240 g/mol. The molecule has 2 atom stereocenters. The van der Waals surface area contributed by atoms with E-state index in [0.29, 0.717) is 31.6 Å². The van der Waals surface area contributed by atoms with Gasteiger partial charge in [-0.05, 0) is 38.6 Å². The number of hydrogen-bond acceptors (Lipinski definition) is 3. The predicted molar refractivity (Wildman–Crippen MR) is 78.1 cm³/mol. The van der Waals surface area contributed by atoms with Crippen LogP contribution in [-0.4, -0.2) is 37.7 Å². The zero-order chi connectivity index (χ0) is 14.1. The van der Waals surface area contributed by atoms with Crippen molar-refractivity contribution >= 4 is 5.91 Å². The quantitative estimate of drug-likeness (QED) is 0.710. The molecule has 2 N–H and O–H groups in total. The number of hydrogen-bond donors (Lipinski definition) is 2. The molecule has 4 nitrogen and oxygen atoms in total. The Hall–Kier alpha value is -0.610. The minimum absolute atomic E-state index is 0.131. The Kier molecular flexibility index (Phi) is 8.07. The van der Waals surface area contributed by atoms with Gasteiger partial charge in [-0.3, -0.25) is 4.79 Å². The van der Waals surface area contributed by atoms with Crippen LogP contribution in [0.15, 0.2) is 0 Å². The fourth-order valence-electron chi connectivity index (χ4n) is 2.40. The molecule has 4 heteroatoms. The minimum atomic E-state index is 0.131. The SMILES string of the molecule is CCOCC(NC(=O)CCC1CCCCN1)C(C)C. The molecule has 1 aliphatic heterocycles. The summed E-state index contributed by atoms with van der Waals surface area (Å²) >= 11 is 0. The lowest BCUT2D eigenvalue weighted by molar-refractivity contribution is -0.122. The number of carbonyl (C=O) groups is 1. The fraction of sp³-hybridized carbons (Fsp3) is 0.933. The summed E-state index contributed by atoms with van der Waals surface area (Å²) in [7, 11) is 0. The van der Waals surface area contributed by atoms with Gasteiger partial charge in [-0.1, -0.05) is 20.3 Å². The van der Waals surface area contributed by atoms with E-state index in [4.69, 9.17) is 4.74 Å². The highest BCUT2D eigenvalue weighted by molar-refractivity contribution is 5.76. The Morgan fingerprint density at radius 1 is 1.42 bits per heavy atom. The van der Waals surface area contributed by atoms with Crippen LogP contribution in [0.1, 0.15) is 52.9 Å². The molecule has 1 rings (SSSR count). The van der Waals surface area contributed by atoms with Crippen molar-refractivity contribution in [2.75, 3.05) is 19.8 Å². The van der Waals surface area contributed by atoms with Crippen LogP contribution in [0.4, 0.5) is 0 Å². The second-order valence-corrected chi connectivity index (χ2v) is 5.76. The summed E-state index contributed by atoms with van der Waals surface area (Å²) in [6.45, 7) is 8.63. The summed E-state index contributed by atoms with van der Waals surface area (Å²) in [5, 5.41) is 6.58. The maximum absolute atomic E-state index is 12.0. The fourth-order valence-corrected chi connectivity index (χ4v) is 2.40. The second-order valence-electron chi connectivity index (χ2n) is 5.76. The highest BCUT2D eigenvalue weighted by Gasteiger charge is 2.18. The summed E-state index contributed by atoms with van der Waals surface area (Å²) < 4.78 is 5.43. The van der Waals surface area contributed by atoms with Gasteiger partial charge in [0.05, 0.1) is 12.6 Å². The average Bonchev–Trinajstić information content (AvgIpc) is 2.42. The Morgan fingerprint density at radius 3 is 2.79 bits per heavy atom. The monoisotopic (exact) mass is 270 g/mol. The second kappa shape index (κ2) is 9.32. The lowest BCUT2D eigenvalue weighted by Crippen LogP contribution is -2.42. The van der Waals surface area contributed by atoms with Gasteiger partial charge in [0.1, 0.15) is 0 Å². The van der Waals surface area contributed by atoms with Crippen LogP contribution < -0.4 is 10.6 Å². The molecular formula is C15H30N2O2. The molecule has 1 heterocycles. The van der Waals surface area contributed by atoms with Crippen LogP contribution in [0.5, 0.6) is 0 Å². The van der Waals surface area contributed by atoms with Crippen molar-refractivity contribution in [2.24, 2.45) is 5.92 Å². The maximum atomic E-state index is 12.0. The number of rotatable bonds is 8. The van der Waals surface area contributed by atoms with Gasteiger partial charge >= 0.3 is 0 Å². The van der Waals surface area contributed by atoms with Crippen LogP contribution >= 0.6 is 0 Å². The third-order valence-electron chi connectivity index (χ3n) is 3.78. The van der Waals surface area contributed by atoms with Gasteiger partial charge in [-0.25, -0.2) is 0 Å². The van der Waals surface area contributed by atoms with E-state index < -0.39 is 0 Å². The van der Waals surface area contributed by atoms with Gasteiger partial charge in [0.2, 0.25) is 5.91 Å². The molecule has 1 saturated heterocycles. The molecule has 1 fully saturated rings. The van der Waals surface area contributed by atoms with Crippen molar-refractivity contribution in [1.29, 1.82) is 0 Å². The Morgan fingerprint density at radius 2 is 2.21 bits per heavy atom. The van der Waals surface area contributed by atoms with Gasteiger partial charge in [-0.2, -0.15) is 0 Å². The number of carbonyl (C=O) groups excluding carboxylic acids is 1. The van der Waals surface area contributed by atoms with Crippen LogP contribution in [0, 0.1) is 5.92 Å². The van der Waals surface area contributed by atoms with Crippen LogP contribution in [0.25, 0.3) is 0 Å². The highest BCUT2D eigenvalue weighted by atomic mass is 16.5. The van der Waals surface area contributed by atoms with Crippen LogP contribution in [0.2, 0.25) is 0 Å². The first kappa shape index (κ1) is 16.4. The summed E-state index contributed by atoms with van der Waals surface area (Å²) in [5.41, 5.74) is 0. The molecule has 1 aliphatic rings. The lowest BCUT2D eigenvalue weighted by atomic mass is 10.00. The number of piperidine rings is 1. The average molecular weight is 270 g/mol. The zero-order valence-corrected chi connectivity index (χ0v) is 12.7. The third kappa shape index (κ3) is 6.92. The van der Waals surface area contributed by atoms with Crippen molar-refractivity contribution in [2.45, 2.75) is 65.0 Å². The third-order valence-corrected chi connectivity index (χ3v) is 3.78. The number of ether oxygens (including phenoxy) is 1. The first-order chi connectivity index (χ1) is 9.13. The smallest absolute Gasteiger partial charge is 0.220 e. The molecule has 1 amide bonds. The molecule has 0 aromatic heterocycles. The van der Waals surface area contributed by atoms with Gasteiger partial charge in [-0.15, -0.1) is 0 Å². The molecule has 112 valence electrons. The molecule has 0 aromatic rings. The summed E-state index contributed by atoms with van der Waals surface area (Å²) in [5.74, 6) is 0.564. The van der Waals surface area contributed by atoms with Crippen molar-refractivity contribution in [3.8, 4) is 0 Å². The number of nitrogens with one attached hydrogen (secondary N) is 2. The van der Waals surface area contributed by atoms with Crippen LogP contribution in [-0.2, 0) is 9.53 Å². The zero-order valence-electron chi connectivity index (χ0n) is 12.7. The lowest BCUT2D eigenvalue weighted by Gasteiger charge is -2.25. The van der Waals surface area contributed by atoms with E-state index in [2.05, 4.69) is 24.5 Å². The highest BCUT2D eigenvalue weighted by Crippen LogP contribution is 2.12. The molecule has 0 aliphatic carbocycles. The summed E-state index contributed by atoms with van der Waals surface area (Å²) in [4.78, 5) is 12.0. The molecule has 2 unspecified atom stereocenters. The van der Waals surface area contributed by atoms with Crippen molar-refractivity contribution in [3.63, 3.8) is 0 Å². The van der Waals surface area contributed by atoms with E-state index in [1.165, 1.54) is 19.3 Å². The number of amides is 1. The standard InChI is InChI=1S/C15H30N2O2/c1-4-19-11-14(12(2)3)17-15(18)9-8-13-7-5-6-10-16-13/h12-14,16H,4-11H2,1-3H3,(H,17,18). The first-order valence-electron chi connectivity index (χ1n) is 7.74. The molecule has 0 radical (unpaired) electrons. The molecule has 0 spiro atoms. The van der Waals surface area contributed by atoms with E-state index >= 15 is 0 Å². The van der Waals surface area contributed by atoms with Gasteiger partial charge in [0.15, 0.2) is 0 Å². The first-order valence-corrected chi connectivity index (χ1v) is 7.74. The van der Waals surface area contributed by atoms with Crippen molar-refractivity contribution < 1.29 is 9.53 Å². The van der Waals surface area contributed by atoms with E-state index in [1.54, 1.807) is 0 Å². The van der Waals surface area contributed by atoms with E-state index in [0.717, 1.165) is 13.0 Å². The Balaban J connectivity index is 2.23. The molecule has 0 saturated carbocycles. The van der Waals surface area contributed by atoms with Crippen molar-refractivity contribution in [1.82, 2.24) is 10.6 Å². The normalized spacial score (nSPS) is 21.4. The molecule has 0 bridgehead atoms. The molecule has 0 aromatic carbocycles. The van der Waals surface area contributed by atoms with E-state index in [9.17, 15) is 4.79 Å². The largest absolute Gasteiger partial charge is 0.380 e. The van der Waals surface area contributed by atoms with Crippen molar-refractivity contribution in [3.05, 3.63) is 0 Å². The Labute approximate surface area is 117 Å². The van der Waals surface area contributed by atoms with E-state index in [1.807, 2.05) is 6.92 Å². The van der Waals surface area contributed by atoms with Gasteiger partial charge in [0.25, 0.3) is 0 Å². The summed E-state index contributed by atoms with van der Waals surface area (Å²) in [6.07, 6.45) is 5.34. The predicted octanol–water partition coefficient (Wildman–Crippen LogP) is 2.09. The van der Waals surface area contributed by atoms with Crippen LogP contribution in [0.3, 0.4) is 0 Å². The maximum Gasteiger partial charge on any atom is 0.220 e. The van der Waals surface area contributed by atoms with Gasteiger partial charge < -0.3 is 15.4 Å². The van der Waals surface area contributed by atoms with E-state index in [-0.39, 0.29) is 11.9 Å². The molecule has 19 heavy (non-hydrogen) atoms. The minimum Gasteiger partial charge on any atom is -0.380 e. The Bertz CT molecular complexity index is 251. The summed E-state index contributed by atoms with van der Waals surface area (Å²) in [6, 6.07) is 0.663. The topological polar surface area (TPSA) is 50.4 Å².